The van der Waals surface area contributed by atoms with Crippen LogP contribution in [-0.2, 0) is 30.5 Å². The maximum atomic E-state index is 14.2. The van der Waals surface area contributed by atoms with E-state index in [1.807, 2.05) is 0 Å². The van der Waals surface area contributed by atoms with Crippen LogP contribution < -0.4 is 9.62 Å². The number of rotatable bonds is 4. The van der Waals surface area contributed by atoms with Gasteiger partial charge in [0, 0.05) is 0 Å². The van der Waals surface area contributed by atoms with Gasteiger partial charge in [0.2, 0.25) is 21.8 Å². The number of hydrogen-bond acceptors (Lipinski definition) is 6. The van der Waals surface area contributed by atoms with Crippen LogP contribution in [0.2, 0.25) is 0 Å². The minimum absolute atomic E-state index is 0.0353. The van der Waals surface area contributed by atoms with E-state index in [4.69, 9.17) is 10.00 Å². The molecule has 2 aromatic carbocycles. The maximum Gasteiger partial charge on any atom is 0.417 e. The number of carbonyl (C=O) groups is 2. The maximum absolute atomic E-state index is 14.2. The van der Waals surface area contributed by atoms with E-state index in [0.717, 1.165) is 24.3 Å². The fourth-order valence-corrected chi connectivity index (χ4v) is 7.29. The van der Waals surface area contributed by atoms with Crippen molar-refractivity contribution in [1.82, 2.24) is 4.72 Å². The van der Waals surface area contributed by atoms with Crippen molar-refractivity contribution in [2.24, 2.45) is 11.8 Å². The topological polar surface area (TPSA) is 117 Å². The van der Waals surface area contributed by atoms with Gasteiger partial charge in [-0.25, -0.2) is 22.4 Å². The Labute approximate surface area is 208 Å². The van der Waals surface area contributed by atoms with Gasteiger partial charge in [0.15, 0.2) is 0 Å². The number of halogens is 4. The van der Waals surface area contributed by atoms with Crippen molar-refractivity contribution < 1.29 is 40.3 Å². The summed E-state index contributed by atoms with van der Waals surface area (Å²) in [6.45, 7) is 2.98. The molecule has 3 aliphatic heterocycles. The quantitative estimate of drug-likeness (QED) is 0.473. The first-order valence-electron chi connectivity index (χ1n) is 11.1. The lowest BCUT2D eigenvalue weighted by molar-refractivity contribution is -0.138. The SMILES string of the molecule is C[C@]12O[C@@](C)(C[C@H]1NS(=O)(=O)c1ccccc1F)[C@H]1C(=O)N(c3ccc(C#N)c(C(F)(F)F)c3)C(=O)[C@H]12. The molecule has 3 aliphatic rings. The Bertz CT molecular complexity index is 1500. The molecule has 5 rings (SSSR count). The Hall–Kier alpha value is -3.34. The number of amides is 2. The zero-order valence-electron chi connectivity index (χ0n) is 19.3. The van der Waals surface area contributed by atoms with Gasteiger partial charge >= 0.3 is 6.18 Å². The smallest absolute Gasteiger partial charge is 0.366 e. The molecule has 2 aromatic rings. The second kappa shape index (κ2) is 7.83. The Morgan fingerprint density at radius 3 is 2.38 bits per heavy atom. The Kier molecular flexibility index (Phi) is 5.36. The Morgan fingerprint density at radius 2 is 1.76 bits per heavy atom. The first kappa shape index (κ1) is 25.3. The van der Waals surface area contributed by atoms with Gasteiger partial charge < -0.3 is 4.74 Å². The summed E-state index contributed by atoms with van der Waals surface area (Å²) in [5.74, 6) is -4.91. The summed E-state index contributed by atoms with van der Waals surface area (Å²) >= 11 is 0. The highest BCUT2D eigenvalue weighted by Crippen LogP contribution is 2.61. The number of nitrogens with zero attached hydrogens (tertiary/aromatic N) is 2. The highest BCUT2D eigenvalue weighted by molar-refractivity contribution is 7.89. The zero-order chi connectivity index (χ0) is 27.1. The van der Waals surface area contributed by atoms with Gasteiger partial charge in [-0.15, -0.1) is 0 Å². The fraction of sp³-hybridized carbons (Fsp3) is 0.375. The van der Waals surface area contributed by atoms with E-state index in [0.29, 0.717) is 11.0 Å². The van der Waals surface area contributed by atoms with Crippen molar-refractivity contribution in [3.63, 3.8) is 0 Å². The summed E-state index contributed by atoms with van der Waals surface area (Å²) in [5.41, 5.74) is -5.18. The number of ether oxygens (including phenoxy) is 1. The molecule has 1 N–H and O–H groups in total. The minimum atomic E-state index is -4.90. The molecule has 8 nitrogen and oxygen atoms in total. The number of sulfonamides is 1. The first-order valence-corrected chi connectivity index (χ1v) is 12.6. The van der Waals surface area contributed by atoms with E-state index in [9.17, 15) is 35.6 Å². The van der Waals surface area contributed by atoms with Crippen LogP contribution in [-0.4, -0.2) is 37.5 Å². The van der Waals surface area contributed by atoms with E-state index < -0.39 is 78.9 Å². The molecule has 3 heterocycles. The fourth-order valence-electron chi connectivity index (χ4n) is 5.89. The molecule has 2 amide bonds. The third kappa shape index (κ3) is 3.58. The van der Waals surface area contributed by atoms with Crippen LogP contribution in [0, 0.1) is 29.0 Å². The lowest BCUT2D eigenvalue weighted by Crippen LogP contribution is -2.56. The molecule has 3 saturated heterocycles. The standard InChI is InChI=1S/C24H19F4N3O5S/c1-22-10-17(30-37(34,35)16-6-4-3-5-15(16)25)23(2,36-22)19-18(22)20(32)31(21(19)33)13-8-7-12(11-29)14(9-13)24(26,27)28/h3-9,17-19,30H,10H2,1-2H3/t17-,18-,19+,22+,23+/m1/s1. The molecule has 37 heavy (non-hydrogen) atoms. The molecule has 0 aliphatic carbocycles. The average Bonchev–Trinajstić information content (AvgIpc) is 3.32. The van der Waals surface area contributed by atoms with E-state index in [1.165, 1.54) is 32.0 Å². The van der Waals surface area contributed by atoms with Crippen LogP contribution in [0.5, 0.6) is 0 Å². The molecule has 0 aromatic heterocycles. The first-order chi connectivity index (χ1) is 17.1. The van der Waals surface area contributed by atoms with Gasteiger partial charge in [-0.3, -0.25) is 9.59 Å². The molecule has 3 fully saturated rings. The van der Waals surface area contributed by atoms with E-state index >= 15 is 0 Å². The number of nitrogens with one attached hydrogen (secondary N) is 1. The van der Waals surface area contributed by atoms with Crippen molar-refractivity contribution in [3.05, 3.63) is 59.4 Å². The van der Waals surface area contributed by atoms with Gasteiger partial charge in [0.1, 0.15) is 10.7 Å². The molecule has 0 radical (unpaired) electrons. The number of fused-ring (bicyclic) bond motifs is 5. The molecule has 0 saturated carbocycles. The molecule has 5 atom stereocenters. The number of alkyl halides is 3. The largest absolute Gasteiger partial charge is 0.417 e. The summed E-state index contributed by atoms with van der Waals surface area (Å²) in [5, 5.41) is 9.05. The molecule has 13 heteroatoms. The van der Waals surface area contributed by atoms with Crippen LogP contribution in [0.1, 0.15) is 31.4 Å². The highest BCUT2D eigenvalue weighted by Gasteiger charge is 2.76. The van der Waals surface area contributed by atoms with Crippen molar-refractivity contribution in [1.29, 1.82) is 5.26 Å². The van der Waals surface area contributed by atoms with Crippen LogP contribution in [0.25, 0.3) is 0 Å². The summed E-state index contributed by atoms with van der Waals surface area (Å²) in [6, 6.07) is 7.67. The summed E-state index contributed by atoms with van der Waals surface area (Å²) in [6.07, 6.45) is -4.94. The molecular weight excluding hydrogens is 518 g/mol. The van der Waals surface area contributed by atoms with Crippen LogP contribution in [0.4, 0.5) is 23.2 Å². The number of anilines is 1. The summed E-state index contributed by atoms with van der Waals surface area (Å²) in [7, 11) is -4.39. The molecule has 0 unspecified atom stereocenters. The number of benzene rings is 2. The van der Waals surface area contributed by atoms with Gasteiger partial charge in [-0.2, -0.15) is 18.4 Å². The van der Waals surface area contributed by atoms with E-state index in [1.54, 1.807) is 0 Å². The average molecular weight is 537 g/mol. The Balaban J connectivity index is 1.52. The van der Waals surface area contributed by atoms with Gasteiger partial charge in [0.25, 0.3) is 0 Å². The van der Waals surface area contributed by atoms with Crippen molar-refractivity contribution >= 4 is 27.5 Å². The number of hydrogen-bond donors (Lipinski definition) is 1. The molecule has 0 spiro atoms. The lowest BCUT2D eigenvalue weighted by Gasteiger charge is -2.35. The molecule has 194 valence electrons. The van der Waals surface area contributed by atoms with Crippen molar-refractivity contribution in [2.75, 3.05) is 4.90 Å². The van der Waals surface area contributed by atoms with E-state index in [2.05, 4.69) is 4.72 Å². The van der Waals surface area contributed by atoms with Crippen LogP contribution in [0.15, 0.2) is 47.4 Å². The number of carbonyl (C=O) groups excluding carboxylic acids is 2. The monoisotopic (exact) mass is 537 g/mol. The predicted molar refractivity (Wildman–Crippen MR) is 119 cm³/mol. The molecular formula is C24H19F4N3O5S. The highest BCUT2D eigenvalue weighted by atomic mass is 32.2. The number of nitriles is 1. The normalized spacial score (nSPS) is 31.1. The van der Waals surface area contributed by atoms with Gasteiger partial charge in [0.05, 0.1) is 52.0 Å². The third-order valence-electron chi connectivity index (χ3n) is 7.45. The van der Waals surface area contributed by atoms with Gasteiger partial charge in [-0.1, -0.05) is 12.1 Å². The van der Waals surface area contributed by atoms with Crippen LogP contribution >= 0.6 is 0 Å². The summed E-state index contributed by atoms with van der Waals surface area (Å²) < 4.78 is 89.1. The second-order valence-electron chi connectivity index (χ2n) is 9.71. The van der Waals surface area contributed by atoms with Crippen LogP contribution in [0.3, 0.4) is 0 Å². The van der Waals surface area contributed by atoms with E-state index in [-0.39, 0.29) is 12.1 Å². The van der Waals surface area contributed by atoms with Crippen molar-refractivity contribution in [2.45, 2.75) is 48.6 Å². The zero-order valence-corrected chi connectivity index (χ0v) is 20.2. The Morgan fingerprint density at radius 1 is 1.11 bits per heavy atom. The van der Waals surface area contributed by atoms with Gasteiger partial charge in [-0.05, 0) is 50.6 Å². The minimum Gasteiger partial charge on any atom is -0.366 e. The molecule has 2 bridgehead atoms. The summed E-state index contributed by atoms with van der Waals surface area (Å²) in [4.78, 5) is 27.0. The second-order valence-corrected chi connectivity index (χ2v) is 11.4. The third-order valence-corrected chi connectivity index (χ3v) is 8.95. The van der Waals surface area contributed by atoms with Crippen molar-refractivity contribution in [3.8, 4) is 6.07 Å². The predicted octanol–water partition coefficient (Wildman–Crippen LogP) is 3.12. The lowest BCUT2D eigenvalue weighted by atomic mass is 9.67. The number of imide groups is 1.